The van der Waals surface area contributed by atoms with Gasteiger partial charge in [-0.15, -0.1) is 0 Å². The molecule has 1 aliphatic carbocycles. The third kappa shape index (κ3) is 4.02. The van der Waals surface area contributed by atoms with E-state index in [1.807, 2.05) is 24.3 Å². The van der Waals surface area contributed by atoms with E-state index in [-0.39, 0.29) is 0 Å². The summed E-state index contributed by atoms with van der Waals surface area (Å²) in [4.78, 5) is 0. The van der Waals surface area contributed by atoms with Crippen molar-refractivity contribution in [3.63, 3.8) is 0 Å². The molecule has 0 unspecified atom stereocenters. The predicted molar refractivity (Wildman–Crippen MR) is 84.9 cm³/mol. The van der Waals surface area contributed by atoms with Crippen LogP contribution in [0, 0.1) is 34.5 Å². The van der Waals surface area contributed by atoms with Crippen molar-refractivity contribution in [2.75, 3.05) is 13.2 Å². The van der Waals surface area contributed by atoms with Crippen molar-refractivity contribution in [2.24, 2.45) is 11.8 Å². The number of ether oxygens (including phenoxy) is 2. The number of benzene rings is 2. The Balaban J connectivity index is 1.39. The normalized spacial score (nSPS) is 18.5. The second-order valence-electron chi connectivity index (χ2n) is 5.65. The van der Waals surface area contributed by atoms with E-state index in [4.69, 9.17) is 20.0 Å². The van der Waals surface area contributed by atoms with Crippen LogP contribution in [0.4, 0.5) is 0 Å². The molecular weight excluding hydrogens is 288 g/mol. The molecule has 0 aromatic heterocycles. The molecule has 0 aliphatic heterocycles. The molecule has 1 aliphatic rings. The Morgan fingerprint density at radius 1 is 0.739 bits per heavy atom. The van der Waals surface area contributed by atoms with Gasteiger partial charge in [-0.25, -0.2) is 0 Å². The Hall–Kier alpha value is -2.98. The average Bonchev–Trinajstić information content (AvgIpc) is 3.37. The summed E-state index contributed by atoms with van der Waals surface area (Å²) in [6.45, 7) is 1.35. The number of hydrogen-bond donors (Lipinski definition) is 0. The van der Waals surface area contributed by atoms with Crippen LogP contribution in [0.25, 0.3) is 0 Å². The highest BCUT2D eigenvalue weighted by Crippen LogP contribution is 2.39. The summed E-state index contributed by atoms with van der Waals surface area (Å²) in [6.07, 6.45) is 1.10. The van der Waals surface area contributed by atoms with Gasteiger partial charge in [-0.3, -0.25) is 0 Å². The molecule has 0 spiro atoms. The largest absolute Gasteiger partial charge is 0.493 e. The maximum absolute atomic E-state index is 8.75. The van der Waals surface area contributed by atoms with Gasteiger partial charge in [0.25, 0.3) is 0 Å². The van der Waals surface area contributed by atoms with E-state index in [0.717, 1.165) is 17.9 Å². The Bertz CT molecular complexity index is 673. The molecule has 3 rings (SSSR count). The summed E-state index contributed by atoms with van der Waals surface area (Å²) in [7, 11) is 0. The number of rotatable bonds is 6. The summed E-state index contributed by atoms with van der Waals surface area (Å²) in [6, 6.07) is 18.5. The molecule has 0 saturated heterocycles. The smallest absolute Gasteiger partial charge is 0.119 e. The van der Waals surface area contributed by atoms with Gasteiger partial charge in [0.15, 0.2) is 0 Å². The lowest BCUT2D eigenvalue weighted by Crippen LogP contribution is -2.06. The third-order valence-corrected chi connectivity index (χ3v) is 3.96. The Morgan fingerprint density at radius 3 is 1.48 bits per heavy atom. The van der Waals surface area contributed by atoms with E-state index < -0.39 is 0 Å². The first-order valence-corrected chi connectivity index (χ1v) is 7.54. The van der Waals surface area contributed by atoms with Crippen molar-refractivity contribution in [3.05, 3.63) is 59.7 Å². The summed E-state index contributed by atoms with van der Waals surface area (Å²) in [5.41, 5.74) is 1.27. The summed E-state index contributed by atoms with van der Waals surface area (Å²) >= 11 is 0. The fourth-order valence-electron chi connectivity index (χ4n) is 2.38. The van der Waals surface area contributed by atoms with Gasteiger partial charge < -0.3 is 9.47 Å². The minimum atomic E-state index is 0.518. The fourth-order valence-corrected chi connectivity index (χ4v) is 2.38. The summed E-state index contributed by atoms with van der Waals surface area (Å²) in [5, 5.41) is 17.5. The van der Waals surface area contributed by atoms with E-state index in [1.165, 1.54) is 0 Å². The lowest BCUT2D eigenvalue weighted by atomic mass is 10.2. The van der Waals surface area contributed by atoms with Crippen molar-refractivity contribution in [3.8, 4) is 23.6 Å². The molecule has 23 heavy (non-hydrogen) atoms. The molecule has 2 atom stereocenters. The third-order valence-electron chi connectivity index (χ3n) is 3.96. The zero-order valence-corrected chi connectivity index (χ0v) is 12.6. The van der Waals surface area contributed by atoms with Crippen LogP contribution in [0.1, 0.15) is 17.5 Å². The molecule has 2 aromatic carbocycles. The highest BCUT2D eigenvalue weighted by molar-refractivity contribution is 5.35. The monoisotopic (exact) mass is 304 g/mol. The van der Waals surface area contributed by atoms with Crippen LogP contribution < -0.4 is 9.47 Å². The van der Waals surface area contributed by atoms with Gasteiger partial charge in [0.1, 0.15) is 11.5 Å². The SMILES string of the molecule is N#Cc1ccc(OC[C@H]2C[C@@H]2COc2ccc(C#N)cc2)cc1. The maximum atomic E-state index is 8.75. The molecule has 0 heterocycles. The zero-order valence-electron chi connectivity index (χ0n) is 12.6. The molecular formula is C19H16N2O2. The fraction of sp³-hybridized carbons (Fsp3) is 0.263. The van der Waals surface area contributed by atoms with Crippen LogP contribution in [0.15, 0.2) is 48.5 Å². The van der Waals surface area contributed by atoms with E-state index in [0.29, 0.717) is 36.2 Å². The maximum Gasteiger partial charge on any atom is 0.119 e. The molecule has 2 aromatic rings. The van der Waals surface area contributed by atoms with E-state index in [1.54, 1.807) is 24.3 Å². The number of nitrogens with zero attached hydrogens (tertiary/aromatic N) is 2. The van der Waals surface area contributed by atoms with Gasteiger partial charge in [-0.2, -0.15) is 10.5 Å². The zero-order chi connectivity index (χ0) is 16.1. The van der Waals surface area contributed by atoms with Crippen molar-refractivity contribution in [1.29, 1.82) is 10.5 Å². The van der Waals surface area contributed by atoms with Crippen molar-refractivity contribution < 1.29 is 9.47 Å². The van der Waals surface area contributed by atoms with Crippen LogP contribution in [-0.2, 0) is 0 Å². The molecule has 0 N–H and O–H groups in total. The van der Waals surface area contributed by atoms with Crippen molar-refractivity contribution in [2.45, 2.75) is 6.42 Å². The quantitative estimate of drug-likeness (QED) is 0.819. The molecule has 4 heteroatoms. The number of hydrogen-bond acceptors (Lipinski definition) is 4. The molecule has 114 valence electrons. The molecule has 0 amide bonds. The van der Waals surface area contributed by atoms with Crippen molar-refractivity contribution in [1.82, 2.24) is 0 Å². The Kier molecular flexibility index (Phi) is 4.45. The topological polar surface area (TPSA) is 66.0 Å². The lowest BCUT2D eigenvalue weighted by Gasteiger charge is -2.07. The van der Waals surface area contributed by atoms with Crippen LogP contribution >= 0.6 is 0 Å². The van der Waals surface area contributed by atoms with Crippen LogP contribution in [-0.4, -0.2) is 13.2 Å². The van der Waals surface area contributed by atoms with Gasteiger partial charge in [0.2, 0.25) is 0 Å². The molecule has 0 bridgehead atoms. The van der Waals surface area contributed by atoms with Crippen LogP contribution in [0.2, 0.25) is 0 Å². The van der Waals surface area contributed by atoms with Gasteiger partial charge in [0.05, 0.1) is 36.5 Å². The lowest BCUT2D eigenvalue weighted by molar-refractivity contribution is 0.256. The molecule has 1 saturated carbocycles. The molecule has 4 nitrogen and oxygen atoms in total. The second kappa shape index (κ2) is 6.85. The highest BCUT2D eigenvalue weighted by atomic mass is 16.5. The van der Waals surface area contributed by atoms with Gasteiger partial charge in [0, 0.05) is 0 Å². The van der Waals surface area contributed by atoms with E-state index in [9.17, 15) is 0 Å². The second-order valence-corrected chi connectivity index (χ2v) is 5.65. The first-order valence-electron chi connectivity index (χ1n) is 7.54. The highest BCUT2D eigenvalue weighted by Gasteiger charge is 2.38. The van der Waals surface area contributed by atoms with Crippen LogP contribution in [0.5, 0.6) is 11.5 Å². The standard InChI is InChI=1S/C19H16N2O2/c20-10-14-1-5-18(6-2-14)22-12-16-9-17(16)13-23-19-7-3-15(11-21)4-8-19/h1-8,16-17H,9,12-13H2/t16-,17-/m1/s1. The summed E-state index contributed by atoms with van der Waals surface area (Å²) in [5.74, 6) is 2.62. The minimum Gasteiger partial charge on any atom is -0.493 e. The Labute approximate surface area is 135 Å². The summed E-state index contributed by atoms with van der Waals surface area (Å²) < 4.78 is 11.5. The Morgan fingerprint density at radius 2 is 1.13 bits per heavy atom. The molecule has 0 radical (unpaired) electrons. The van der Waals surface area contributed by atoms with Crippen molar-refractivity contribution >= 4 is 0 Å². The number of nitriles is 2. The first kappa shape index (κ1) is 14.9. The van der Waals surface area contributed by atoms with Gasteiger partial charge in [-0.05, 0) is 66.8 Å². The molecule has 1 fully saturated rings. The first-order chi connectivity index (χ1) is 11.3. The van der Waals surface area contributed by atoms with Gasteiger partial charge in [-0.1, -0.05) is 0 Å². The van der Waals surface area contributed by atoms with Gasteiger partial charge >= 0.3 is 0 Å². The minimum absolute atomic E-state index is 0.518. The average molecular weight is 304 g/mol. The van der Waals surface area contributed by atoms with E-state index >= 15 is 0 Å². The van der Waals surface area contributed by atoms with Crippen LogP contribution in [0.3, 0.4) is 0 Å². The predicted octanol–water partition coefficient (Wildman–Crippen LogP) is 3.52. The van der Waals surface area contributed by atoms with E-state index in [2.05, 4.69) is 12.1 Å².